The quantitative estimate of drug-likeness (QED) is 0.290. The van der Waals surface area contributed by atoms with E-state index < -0.39 is 18.1 Å². The van der Waals surface area contributed by atoms with Crippen LogP contribution in [-0.4, -0.2) is 34.9 Å². The summed E-state index contributed by atoms with van der Waals surface area (Å²) in [6, 6.07) is 23.4. The summed E-state index contributed by atoms with van der Waals surface area (Å²) in [6.45, 7) is 0.0985. The molecule has 0 saturated carbocycles. The van der Waals surface area contributed by atoms with Gasteiger partial charge in [-0.3, -0.25) is 0 Å². The third-order valence-electron chi connectivity index (χ3n) is 6.40. The molecule has 1 aliphatic carbocycles. The normalized spacial score (nSPS) is 13.2. The number of carboxylic acids is 1. The van der Waals surface area contributed by atoms with E-state index in [0.29, 0.717) is 16.3 Å². The Hall–Kier alpha value is -3.84. The molecule has 0 radical (unpaired) electrons. The predicted molar refractivity (Wildman–Crippen MR) is 137 cm³/mol. The fourth-order valence-corrected chi connectivity index (χ4v) is 5.11. The zero-order valence-corrected chi connectivity index (χ0v) is 20.2. The number of phenols is 1. The van der Waals surface area contributed by atoms with Crippen LogP contribution < -0.4 is 5.32 Å². The van der Waals surface area contributed by atoms with Crippen molar-refractivity contribution in [3.63, 3.8) is 0 Å². The predicted octanol–water partition coefficient (Wildman–Crippen LogP) is 5.84. The molecule has 4 aromatic rings. The van der Waals surface area contributed by atoms with Crippen molar-refractivity contribution in [2.24, 2.45) is 0 Å². The standard InChI is InChI=1S/C28H22BrNO5/c29-17-10-11-22-23(14-17)16(9-12-26(22)31)13-25(27(32)33)30-28(34)35-15-24-20-7-3-1-5-18(20)19-6-2-4-8-21(19)24/h1-12,14,24-25,31H,13,15H2,(H,30,34)(H,32,33)/t25-/m0/s1. The van der Waals surface area contributed by atoms with Crippen molar-refractivity contribution in [3.8, 4) is 16.9 Å². The molecule has 0 fully saturated rings. The van der Waals surface area contributed by atoms with Crippen LogP contribution in [0.3, 0.4) is 0 Å². The molecule has 4 aromatic carbocycles. The van der Waals surface area contributed by atoms with Gasteiger partial charge in [0.05, 0.1) is 0 Å². The number of rotatable bonds is 6. The van der Waals surface area contributed by atoms with E-state index in [2.05, 4.69) is 33.4 Å². The minimum Gasteiger partial charge on any atom is -0.507 e. The number of fused-ring (bicyclic) bond motifs is 4. The average Bonchev–Trinajstić information content (AvgIpc) is 3.17. The van der Waals surface area contributed by atoms with Crippen LogP contribution in [0.15, 0.2) is 83.3 Å². The lowest BCUT2D eigenvalue weighted by atomic mass is 9.98. The van der Waals surface area contributed by atoms with Gasteiger partial charge < -0.3 is 20.3 Å². The molecule has 1 atom stereocenters. The van der Waals surface area contributed by atoms with Crippen molar-refractivity contribution < 1.29 is 24.5 Å². The molecular weight excluding hydrogens is 510 g/mol. The Morgan fingerprint density at radius 1 is 0.914 bits per heavy atom. The number of ether oxygens (including phenoxy) is 1. The van der Waals surface area contributed by atoms with Crippen molar-refractivity contribution in [2.75, 3.05) is 6.61 Å². The molecule has 0 saturated heterocycles. The second kappa shape index (κ2) is 9.43. The molecule has 0 spiro atoms. The molecule has 3 N–H and O–H groups in total. The van der Waals surface area contributed by atoms with Crippen molar-refractivity contribution in [2.45, 2.75) is 18.4 Å². The largest absolute Gasteiger partial charge is 0.507 e. The van der Waals surface area contributed by atoms with Crippen LogP contribution >= 0.6 is 15.9 Å². The summed E-state index contributed by atoms with van der Waals surface area (Å²) in [7, 11) is 0. The molecule has 0 aliphatic heterocycles. The van der Waals surface area contributed by atoms with E-state index in [4.69, 9.17) is 4.74 Å². The average molecular weight is 532 g/mol. The molecule has 0 heterocycles. The first kappa shape index (κ1) is 22.9. The Morgan fingerprint density at radius 3 is 2.23 bits per heavy atom. The highest BCUT2D eigenvalue weighted by atomic mass is 79.9. The second-order valence-electron chi connectivity index (χ2n) is 8.50. The van der Waals surface area contributed by atoms with E-state index in [1.165, 1.54) is 6.07 Å². The van der Waals surface area contributed by atoms with Crippen molar-refractivity contribution in [1.29, 1.82) is 0 Å². The fraction of sp³-hybridized carbons (Fsp3) is 0.143. The van der Waals surface area contributed by atoms with Gasteiger partial charge in [0, 0.05) is 22.2 Å². The number of halogens is 1. The molecule has 1 amide bonds. The number of aromatic hydroxyl groups is 1. The van der Waals surface area contributed by atoms with E-state index in [0.717, 1.165) is 26.7 Å². The van der Waals surface area contributed by atoms with E-state index in [1.807, 2.05) is 42.5 Å². The number of carbonyl (C=O) groups excluding carboxylic acids is 1. The molecule has 35 heavy (non-hydrogen) atoms. The first-order valence-corrected chi connectivity index (χ1v) is 12.0. The van der Waals surface area contributed by atoms with E-state index in [1.54, 1.807) is 18.2 Å². The summed E-state index contributed by atoms with van der Waals surface area (Å²) in [4.78, 5) is 24.6. The molecule has 0 bridgehead atoms. The molecule has 176 valence electrons. The van der Waals surface area contributed by atoms with Gasteiger partial charge in [0.1, 0.15) is 18.4 Å². The molecule has 6 nitrogen and oxygen atoms in total. The summed E-state index contributed by atoms with van der Waals surface area (Å²) < 4.78 is 6.32. The lowest BCUT2D eigenvalue weighted by molar-refractivity contribution is -0.139. The molecule has 0 unspecified atom stereocenters. The van der Waals surface area contributed by atoms with E-state index in [9.17, 15) is 19.8 Å². The molecule has 0 aromatic heterocycles. The highest BCUT2D eigenvalue weighted by Crippen LogP contribution is 2.44. The zero-order chi connectivity index (χ0) is 24.5. The topological polar surface area (TPSA) is 95.9 Å². The maximum atomic E-state index is 12.7. The summed E-state index contributed by atoms with van der Waals surface area (Å²) in [5.41, 5.74) is 5.08. The molecular formula is C28H22BrNO5. The monoisotopic (exact) mass is 531 g/mol. The maximum Gasteiger partial charge on any atom is 0.407 e. The highest BCUT2D eigenvalue weighted by Gasteiger charge is 2.30. The minimum atomic E-state index is -1.20. The zero-order valence-electron chi connectivity index (χ0n) is 18.6. The fourth-order valence-electron chi connectivity index (χ4n) is 4.74. The Morgan fingerprint density at radius 2 is 1.57 bits per heavy atom. The summed E-state index contributed by atoms with van der Waals surface area (Å²) in [5.74, 6) is -1.18. The maximum absolute atomic E-state index is 12.7. The second-order valence-corrected chi connectivity index (χ2v) is 9.41. The molecule has 5 rings (SSSR count). The number of aliphatic carboxylic acids is 1. The van der Waals surface area contributed by atoms with E-state index >= 15 is 0 Å². The molecule has 7 heteroatoms. The van der Waals surface area contributed by atoms with Crippen LogP contribution in [0.1, 0.15) is 22.6 Å². The van der Waals surface area contributed by atoms with Crippen LogP contribution in [0.4, 0.5) is 4.79 Å². The van der Waals surface area contributed by atoms with Gasteiger partial charge in [-0.1, -0.05) is 70.5 Å². The number of amides is 1. The third kappa shape index (κ3) is 4.47. The van der Waals surface area contributed by atoms with Gasteiger partial charge in [0.25, 0.3) is 0 Å². The van der Waals surface area contributed by atoms with Crippen molar-refractivity contribution in [3.05, 3.63) is 100 Å². The lowest BCUT2D eigenvalue weighted by Crippen LogP contribution is -2.43. The number of carboxylic acid groups (broad SMARTS) is 1. The van der Waals surface area contributed by atoms with Crippen LogP contribution in [0.5, 0.6) is 5.75 Å². The van der Waals surface area contributed by atoms with Crippen LogP contribution in [-0.2, 0) is 16.0 Å². The Labute approximate surface area is 210 Å². The van der Waals surface area contributed by atoms with Gasteiger partial charge in [-0.05, 0) is 57.5 Å². The summed E-state index contributed by atoms with van der Waals surface area (Å²) in [5, 5.41) is 23.8. The van der Waals surface area contributed by atoms with E-state index in [-0.39, 0.29) is 24.7 Å². The highest BCUT2D eigenvalue weighted by molar-refractivity contribution is 9.10. The van der Waals surface area contributed by atoms with Gasteiger partial charge in [0.2, 0.25) is 0 Å². The Bertz CT molecular complexity index is 1410. The van der Waals surface area contributed by atoms with Crippen LogP contribution in [0.25, 0.3) is 21.9 Å². The first-order valence-electron chi connectivity index (χ1n) is 11.2. The van der Waals surface area contributed by atoms with Crippen LogP contribution in [0.2, 0.25) is 0 Å². The number of hydrogen-bond acceptors (Lipinski definition) is 4. The van der Waals surface area contributed by atoms with Gasteiger partial charge in [0.15, 0.2) is 0 Å². The number of hydrogen-bond donors (Lipinski definition) is 3. The minimum absolute atomic E-state index is 0.0345. The number of phenolic OH excluding ortho intramolecular Hbond substituents is 1. The van der Waals surface area contributed by atoms with Gasteiger partial charge in [-0.2, -0.15) is 0 Å². The van der Waals surface area contributed by atoms with Gasteiger partial charge >= 0.3 is 12.1 Å². The SMILES string of the molecule is O=C(N[C@@H](Cc1ccc(O)c2ccc(Br)cc12)C(=O)O)OCC1c2ccccc2-c2ccccc21. The van der Waals surface area contributed by atoms with Gasteiger partial charge in [-0.15, -0.1) is 0 Å². The summed E-state index contributed by atoms with van der Waals surface area (Å²) >= 11 is 3.41. The van der Waals surface area contributed by atoms with Gasteiger partial charge in [-0.25, -0.2) is 9.59 Å². The number of alkyl carbamates (subject to hydrolysis) is 1. The molecule has 1 aliphatic rings. The third-order valence-corrected chi connectivity index (χ3v) is 6.90. The van der Waals surface area contributed by atoms with Crippen molar-refractivity contribution in [1.82, 2.24) is 5.32 Å². The number of nitrogens with one attached hydrogen (secondary N) is 1. The first-order chi connectivity index (χ1) is 16.9. The Balaban J connectivity index is 1.31. The smallest absolute Gasteiger partial charge is 0.407 e. The number of benzene rings is 4. The van der Waals surface area contributed by atoms with Crippen molar-refractivity contribution >= 4 is 38.8 Å². The summed E-state index contributed by atoms with van der Waals surface area (Å²) in [6.07, 6.45) is -0.754. The lowest BCUT2D eigenvalue weighted by Gasteiger charge is -2.18. The number of carbonyl (C=O) groups is 2. The van der Waals surface area contributed by atoms with Crippen LogP contribution in [0, 0.1) is 0 Å². The Kier molecular flexibility index (Phi) is 6.17.